The van der Waals surface area contributed by atoms with Crippen molar-refractivity contribution in [2.45, 2.75) is 24.5 Å². The topological polar surface area (TPSA) is 116 Å². The number of rotatable bonds is 10. The first-order valence-corrected chi connectivity index (χ1v) is 11.9. The minimum atomic E-state index is -0.725. The van der Waals surface area contributed by atoms with Gasteiger partial charge in [0.05, 0.1) is 30.9 Å². The summed E-state index contributed by atoms with van der Waals surface area (Å²) in [5.41, 5.74) is 1.19. The number of aliphatic hydroxyl groups is 1. The van der Waals surface area contributed by atoms with E-state index in [2.05, 4.69) is 15.3 Å². The molecule has 9 nitrogen and oxygen atoms in total. The fourth-order valence-electron chi connectivity index (χ4n) is 3.53. The predicted octanol–water partition coefficient (Wildman–Crippen LogP) is 3.76. The van der Waals surface area contributed by atoms with Crippen LogP contribution in [0.15, 0.2) is 91.8 Å². The molecule has 5 rings (SSSR count). The Morgan fingerprint density at radius 3 is 2.60 bits per heavy atom. The molecule has 1 N–H and O–H groups in total. The molecule has 0 fully saturated rings. The molecule has 35 heavy (non-hydrogen) atoms. The van der Waals surface area contributed by atoms with E-state index in [-0.39, 0.29) is 29.9 Å². The van der Waals surface area contributed by atoms with Crippen LogP contribution in [-0.2, 0) is 17.9 Å². The highest BCUT2D eigenvalue weighted by atomic mass is 32.2. The van der Waals surface area contributed by atoms with Gasteiger partial charge in [-0.25, -0.2) is 4.68 Å². The van der Waals surface area contributed by atoms with Crippen molar-refractivity contribution in [3.8, 4) is 11.6 Å². The Morgan fingerprint density at radius 1 is 1.00 bits per heavy atom. The van der Waals surface area contributed by atoms with E-state index in [1.807, 2.05) is 54.6 Å². The van der Waals surface area contributed by atoms with E-state index in [9.17, 15) is 9.90 Å². The third-order valence-corrected chi connectivity index (χ3v) is 6.15. The summed E-state index contributed by atoms with van der Waals surface area (Å²) in [6.07, 6.45) is 0.848. The third kappa shape index (κ3) is 5.51. The zero-order valence-corrected chi connectivity index (χ0v) is 19.4. The Kier molecular flexibility index (Phi) is 7.03. The SMILES string of the molecule is O=c1c2ccccc2c(-c2nnc(SCC(O)COCc3ccco3)o2)nn1Cc1ccccc1. The van der Waals surface area contributed by atoms with Crippen molar-refractivity contribution in [3.63, 3.8) is 0 Å². The molecule has 5 aromatic rings. The standard InChI is InChI=1S/C25H22N4O5S/c30-18(14-32-15-19-9-6-12-33-19)16-35-25-27-26-23(34-25)22-20-10-4-5-11-21(20)24(31)29(28-22)13-17-7-2-1-3-8-17/h1-12,18,30H,13-16H2. The first-order valence-electron chi connectivity index (χ1n) is 11.0. The Morgan fingerprint density at radius 2 is 1.80 bits per heavy atom. The average Bonchev–Trinajstić information content (AvgIpc) is 3.58. The Bertz CT molecular complexity index is 1450. The summed E-state index contributed by atoms with van der Waals surface area (Å²) in [7, 11) is 0. The molecule has 3 aromatic heterocycles. The number of benzene rings is 2. The normalized spacial score (nSPS) is 12.3. The number of thioether (sulfide) groups is 1. The van der Waals surface area contributed by atoms with Gasteiger partial charge in [0.1, 0.15) is 12.4 Å². The van der Waals surface area contributed by atoms with Gasteiger partial charge >= 0.3 is 0 Å². The van der Waals surface area contributed by atoms with Gasteiger partial charge in [-0.15, -0.1) is 10.2 Å². The van der Waals surface area contributed by atoms with Crippen LogP contribution < -0.4 is 5.56 Å². The smallest absolute Gasteiger partial charge is 0.277 e. The first-order chi connectivity index (χ1) is 17.2. The van der Waals surface area contributed by atoms with Gasteiger partial charge in [0, 0.05) is 11.1 Å². The fraction of sp³-hybridized carbons (Fsp3) is 0.200. The maximum atomic E-state index is 13.0. The Hall–Kier alpha value is -3.73. The molecule has 0 bridgehead atoms. The molecule has 3 heterocycles. The highest BCUT2D eigenvalue weighted by Gasteiger charge is 2.18. The lowest BCUT2D eigenvalue weighted by Gasteiger charge is -2.09. The molecule has 0 spiro atoms. The summed E-state index contributed by atoms with van der Waals surface area (Å²) in [6.45, 7) is 0.750. The number of ether oxygens (including phenoxy) is 1. The number of fused-ring (bicyclic) bond motifs is 1. The lowest BCUT2D eigenvalue weighted by molar-refractivity contribution is 0.0328. The van der Waals surface area contributed by atoms with Crippen molar-refractivity contribution in [3.05, 3.63) is 94.7 Å². The van der Waals surface area contributed by atoms with Gasteiger partial charge in [-0.2, -0.15) is 5.10 Å². The van der Waals surface area contributed by atoms with E-state index in [0.717, 1.165) is 5.56 Å². The molecule has 10 heteroatoms. The summed E-state index contributed by atoms with van der Waals surface area (Å²) >= 11 is 1.22. The predicted molar refractivity (Wildman–Crippen MR) is 130 cm³/mol. The van der Waals surface area contributed by atoms with Crippen LogP contribution in [0.5, 0.6) is 0 Å². The number of aliphatic hydroxyl groups excluding tert-OH is 1. The molecule has 0 aliphatic carbocycles. The summed E-state index contributed by atoms with van der Waals surface area (Å²) < 4.78 is 17.9. The molecule has 1 unspecified atom stereocenters. The van der Waals surface area contributed by atoms with Gasteiger partial charge in [-0.1, -0.05) is 60.3 Å². The van der Waals surface area contributed by atoms with E-state index >= 15 is 0 Å². The zero-order chi connectivity index (χ0) is 24.0. The van der Waals surface area contributed by atoms with Crippen molar-refractivity contribution >= 4 is 22.5 Å². The number of hydrogen-bond acceptors (Lipinski definition) is 9. The van der Waals surface area contributed by atoms with Gasteiger partial charge in [-0.05, 0) is 23.8 Å². The van der Waals surface area contributed by atoms with Crippen LogP contribution in [0.2, 0.25) is 0 Å². The number of hydrogen-bond donors (Lipinski definition) is 1. The van der Waals surface area contributed by atoms with Gasteiger partial charge in [0.25, 0.3) is 16.7 Å². The Balaban J connectivity index is 1.31. The average molecular weight is 491 g/mol. The first kappa shape index (κ1) is 23.0. The fourth-order valence-corrected chi connectivity index (χ4v) is 4.19. The summed E-state index contributed by atoms with van der Waals surface area (Å²) in [6, 6.07) is 20.4. The number of nitrogens with zero attached hydrogens (tertiary/aromatic N) is 4. The van der Waals surface area contributed by atoms with Crippen molar-refractivity contribution in [1.82, 2.24) is 20.0 Å². The van der Waals surface area contributed by atoms with Crippen LogP contribution >= 0.6 is 11.8 Å². The van der Waals surface area contributed by atoms with Crippen LogP contribution in [-0.4, -0.2) is 43.5 Å². The van der Waals surface area contributed by atoms with Gasteiger partial charge < -0.3 is 18.7 Å². The highest BCUT2D eigenvalue weighted by Crippen LogP contribution is 2.27. The minimum absolute atomic E-state index is 0.144. The second kappa shape index (κ2) is 10.7. The molecule has 0 aliphatic rings. The van der Waals surface area contributed by atoms with Crippen LogP contribution in [0.25, 0.3) is 22.4 Å². The molecular formula is C25H22N4O5S. The summed E-state index contributed by atoms with van der Waals surface area (Å²) in [5, 5.41) is 24.4. The van der Waals surface area contributed by atoms with Crippen LogP contribution in [0.3, 0.4) is 0 Å². The molecule has 1 atom stereocenters. The van der Waals surface area contributed by atoms with E-state index in [4.69, 9.17) is 13.6 Å². The van der Waals surface area contributed by atoms with Crippen LogP contribution in [0.1, 0.15) is 11.3 Å². The van der Waals surface area contributed by atoms with Crippen molar-refractivity contribution in [1.29, 1.82) is 0 Å². The molecule has 0 amide bonds. The molecule has 0 radical (unpaired) electrons. The number of furan rings is 1. The number of aromatic nitrogens is 4. The van der Waals surface area contributed by atoms with Gasteiger partial charge in [0.2, 0.25) is 0 Å². The van der Waals surface area contributed by atoms with E-state index in [1.165, 1.54) is 16.4 Å². The van der Waals surface area contributed by atoms with Crippen molar-refractivity contribution in [2.75, 3.05) is 12.4 Å². The quantitative estimate of drug-likeness (QED) is 0.292. The summed E-state index contributed by atoms with van der Waals surface area (Å²) in [4.78, 5) is 13.0. The highest BCUT2D eigenvalue weighted by molar-refractivity contribution is 7.99. The van der Waals surface area contributed by atoms with E-state index in [1.54, 1.807) is 18.4 Å². The maximum Gasteiger partial charge on any atom is 0.277 e. The third-order valence-electron chi connectivity index (χ3n) is 5.19. The molecule has 0 saturated carbocycles. The molecule has 0 saturated heterocycles. The lowest BCUT2D eigenvalue weighted by atomic mass is 10.1. The maximum absolute atomic E-state index is 13.0. The van der Waals surface area contributed by atoms with Crippen LogP contribution in [0.4, 0.5) is 0 Å². The lowest BCUT2D eigenvalue weighted by Crippen LogP contribution is -2.24. The van der Waals surface area contributed by atoms with Crippen LogP contribution in [0, 0.1) is 0 Å². The van der Waals surface area contributed by atoms with Gasteiger partial charge in [0.15, 0.2) is 5.69 Å². The second-order valence-corrected chi connectivity index (χ2v) is 8.75. The molecule has 178 valence electrons. The van der Waals surface area contributed by atoms with Crippen molar-refractivity contribution < 1.29 is 18.7 Å². The second-order valence-electron chi connectivity index (χ2n) is 7.78. The molecule has 0 aliphatic heterocycles. The zero-order valence-electron chi connectivity index (χ0n) is 18.6. The van der Waals surface area contributed by atoms with Crippen molar-refractivity contribution in [2.24, 2.45) is 0 Å². The van der Waals surface area contributed by atoms with E-state index < -0.39 is 6.10 Å². The Labute approximate surface area is 204 Å². The van der Waals surface area contributed by atoms with Gasteiger partial charge in [-0.3, -0.25) is 4.79 Å². The van der Waals surface area contributed by atoms with E-state index in [0.29, 0.717) is 34.5 Å². The monoisotopic (exact) mass is 490 g/mol. The largest absolute Gasteiger partial charge is 0.467 e. The molecule has 2 aromatic carbocycles. The minimum Gasteiger partial charge on any atom is -0.467 e. The summed E-state index contributed by atoms with van der Waals surface area (Å²) in [5.74, 6) is 1.20. The molecular weight excluding hydrogens is 468 g/mol.